The maximum atomic E-state index is 3.70. The molecular weight excluding hydrogens is 206 g/mol. The van der Waals surface area contributed by atoms with Gasteiger partial charge >= 0.3 is 0 Å². The van der Waals surface area contributed by atoms with Gasteiger partial charge in [-0.1, -0.05) is 66.3 Å². The summed E-state index contributed by atoms with van der Waals surface area (Å²) < 4.78 is 0. The normalized spacial score (nSPS) is 17.8. The molecular formula is C16H33N. The van der Waals surface area contributed by atoms with E-state index >= 15 is 0 Å². The third-order valence-electron chi connectivity index (χ3n) is 1.97. The fourth-order valence-corrected chi connectivity index (χ4v) is 1.34. The Morgan fingerprint density at radius 3 is 1.94 bits per heavy atom. The van der Waals surface area contributed by atoms with E-state index in [1.165, 1.54) is 11.1 Å². The predicted molar refractivity (Wildman–Crippen MR) is 83.6 cm³/mol. The minimum atomic E-state index is 1.01. The van der Waals surface area contributed by atoms with Crippen LogP contribution in [0.2, 0.25) is 0 Å². The summed E-state index contributed by atoms with van der Waals surface area (Å²) in [6.45, 7) is 19.9. The summed E-state index contributed by atoms with van der Waals surface area (Å²) in [5, 5.41) is 3.33. The van der Waals surface area contributed by atoms with E-state index in [1.807, 2.05) is 47.6 Å². The number of hydrogen-bond donors (Lipinski definition) is 1. The van der Waals surface area contributed by atoms with Crippen LogP contribution in [-0.2, 0) is 0 Å². The minimum absolute atomic E-state index is 1.01. The zero-order valence-corrected chi connectivity index (χ0v) is 13.1. The average molecular weight is 239 g/mol. The van der Waals surface area contributed by atoms with Crippen molar-refractivity contribution in [3.05, 3.63) is 36.0 Å². The smallest absolute Gasteiger partial charge is 0.0205 e. The average Bonchev–Trinajstić information content (AvgIpc) is 2.46. The lowest BCUT2D eigenvalue weighted by atomic mass is 9.99. The lowest BCUT2D eigenvalue weighted by Crippen LogP contribution is -2.25. The molecule has 0 aliphatic carbocycles. The van der Waals surface area contributed by atoms with Crippen LogP contribution in [0.3, 0.4) is 0 Å². The summed E-state index contributed by atoms with van der Waals surface area (Å²) in [6, 6.07) is 0. The lowest BCUT2D eigenvalue weighted by Gasteiger charge is -2.18. The highest BCUT2D eigenvalue weighted by atomic mass is 14.9. The standard InChI is InChI=1S/C10H15N.3C2H6/c1-3-5-10-6-7-11-8-9(10)4-2;3*1-2/h3-5,11H,1,6-8H2,2H3;3*1-2H3/b9-4-,10-5-;;;. The van der Waals surface area contributed by atoms with Gasteiger partial charge < -0.3 is 5.32 Å². The fraction of sp³-hybridized carbons (Fsp3) is 0.625. The van der Waals surface area contributed by atoms with Gasteiger partial charge in [0, 0.05) is 6.54 Å². The number of piperidine rings is 1. The Morgan fingerprint density at radius 1 is 1.00 bits per heavy atom. The Morgan fingerprint density at radius 2 is 1.53 bits per heavy atom. The van der Waals surface area contributed by atoms with E-state index in [-0.39, 0.29) is 0 Å². The number of rotatable bonds is 1. The van der Waals surface area contributed by atoms with Gasteiger partial charge in [-0.05, 0) is 31.0 Å². The molecule has 0 amide bonds. The summed E-state index contributed by atoms with van der Waals surface area (Å²) in [6.07, 6.45) is 7.27. The molecule has 1 aliphatic heterocycles. The molecule has 1 heteroatoms. The maximum absolute atomic E-state index is 3.70. The van der Waals surface area contributed by atoms with E-state index in [2.05, 4.69) is 31.0 Å². The largest absolute Gasteiger partial charge is 0.312 e. The zero-order valence-electron chi connectivity index (χ0n) is 13.1. The van der Waals surface area contributed by atoms with Crippen molar-refractivity contribution in [2.45, 2.75) is 54.9 Å². The van der Waals surface area contributed by atoms with E-state index in [9.17, 15) is 0 Å². The van der Waals surface area contributed by atoms with Crippen molar-refractivity contribution in [2.75, 3.05) is 13.1 Å². The Kier molecular flexibility index (Phi) is 26.0. The van der Waals surface area contributed by atoms with Gasteiger partial charge in [-0.2, -0.15) is 0 Å². The number of nitrogens with one attached hydrogen (secondary N) is 1. The Labute approximate surface area is 110 Å². The first-order valence-corrected chi connectivity index (χ1v) is 7.06. The second kappa shape index (κ2) is 20.6. The van der Waals surface area contributed by atoms with E-state index in [4.69, 9.17) is 0 Å². The topological polar surface area (TPSA) is 12.0 Å². The molecule has 17 heavy (non-hydrogen) atoms. The van der Waals surface area contributed by atoms with Crippen LogP contribution >= 0.6 is 0 Å². The number of hydrogen-bond acceptors (Lipinski definition) is 1. The van der Waals surface area contributed by atoms with E-state index in [0.717, 1.165) is 19.5 Å². The molecule has 1 fully saturated rings. The summed E-state index contributed by atoms with van der Waals surface area (Å²) >= 11 is 0. The van der Waals surface area contributed by atoms with Gasteiger partial charge in [0.15, 0.2) is 0 Å². The van der Waals surface area contributed by atoms with Gasteiger partial charge in [0.25, 0.3) is 0 Å². The minimum Gasteiger partial charge on any atom is -0.312 e. The van der Waals surface area contributed by atoms with Gasteiger partial charge in [-0.3, -0.25) is 0 Å². The Balaban J connectivity index is -0.000000285. The van der Waals surface area contributed by atoms with Crippen LogP contribution < -0.4 is 5.32 Å². The van der Waals surface area contributed by atoms with Gasteiger partial charge in [0.1, 0.15) is 0 Å². The molecule has 0 saturated carbocycles. The molecule has 0 aromatic heterocycles. The number of allylic oxidation sites excluding steroid dienone is 3. The molecule has 0 aromatic rings. The first kappa shape index (κ1) is 21.5. The molecule has 102 valence electrons. The highest BCUT2D eigenvalue weighted by molar-refractivity contribution is 5.35. The van der Waals surface area contributed by atoms with Crippen LogP contribution in [0, 0.1) is 0 Å². The van der Waals surface area contributed by atoms with Crippen LogP contribution in [0.5, 0.6) is 0 Å². The van der Waals surface area contributed by atoms with Crippen molar-refractivity contribution in [3.63, 3.8) is 0 Å². The molecule has 1 N–H and O–H groups in total. The van der Waals surface area contributed by atoms with Crippen molar-refractivity contribution in [1.29, 1.82) is 0 Å². The first-order chi connectivity index (χ1) is 8.38. The van der Waals surface area contributed by atoms with Crippen LogP contribution in [0.15, 0.2) is 36.0 Å². The summed E-state index contributed by atoms with van der Waals surface area (Å²) in [5.41, 5.74) is 2.84. The third-order valence-corrected chi connectivity index (χ3v) is 1.97. The summed E-state index contributed by atoms with van der Waals surface area (Å²) in [4.78, 5) is 0. The third kappa shape index (κ3) is 11.4. The molecule has 0 bridgehead atoms. The molecule has 0 aromatic carbocycles. The van der Waals surface area contributed by atoms with Crippen molar-refractivity contribution in [2.24, 2.45) is 0 Å². The van der Waals surface area contributed by atoms with Crippen molar-refractivity contribution in [3.8, 4) is 0 Å². The van der Waals surface area contributed by atoms with Crippen LogP contribution in [0.25, 0.3) is 0 Å². The summed E-state index contributed by atoms with van der Waals surface area (Å²) in [5.74, 6) is 0. The van der Waals surface area contributed by atoms with Gasteiger partial charge in [0.2, 0.25) is 0 Å². The second-order valence-corrected chi connectivity index (χ2v) is 2.67. The molecule has 0 atom stereocenters. The van der Waals surface area contributed by atoms with E-state index in [1.54, 1.807) is 0 Å². The highest BCUT2D eigenvalue weighted by Gasteiger charge is 2.07. The molecule has 0 unspecified atom stereocenters. The molecule has 0 radical (unpaired) electrons. The van der Waals surface area contributed by atoms with E-state index in [0.29, 0.717) is 0 Å². The lowest BCUT2D eigenvalue weighted by molar-refractivity contribution is 0.682. The maximum Gasteiger partial charge on any atom is 0.0205 e. The van der Waals surface area contributed by atoms with Gasteiger partial charge in [-0.25, -0.2) is 0 Å². The monoisotopic (exact) mass is 239 g/mol. The van der Waals surface area contributed by atoms with Crippen molar-refractivity contribution >= 4 is 0 Å². The SMILES string of the molecule is C=C/C=C1/CCNC/C1=C/C.CC.CC.CC. The van der Waals surface area contributed by atoms with Crippen molar-refractivity contribution in [1.82, 2.24) is 5.32 Å². The predicted octanol–water partition coefficient (Wildman–Crippen LogP) is 5.12. The molecule has 1 saturated heterocycles. The van der Waals surface area contributed by atoms with Crippen LogP contribution in [0.4, 0.5) is 0 Å². The molecule has 1 aliphatic rings. The fourth-order valence-electron chi connectivity index (χ4n) is 1.34. The molecule has 0 spiro atoms. The highest BCUT2D eigenvalue weighted by Crippen LogP contribution is 2.16. The second-order valence-electron chi connectivity index (χ2n) is 2.67. The molecule has 1 nitrogen and oxygen atoms in total. The van der Waals surface area contributed by atoms with Crippen LogP contribution in [-0.4, -0.2) is 13.1 Å². The zero-order chi connectivity index (χ0) is 14.1. The Bertz CT molecular complexity index is 200. The van der Waals surface area contributed by atoms with Gasteiger partial charge in [0.05, 0.1) is 0 Å². The van der Waals surface area contributed by atoms with E-state index < -0.39 is 0 Å². The first-order valence-electron chi connectivity index (χ1n) is 7.06. The molecule has 1 rings (SSSR count). The Hall–Kier alpha value is -0.820. The van der Waals surface area contributed by atoms with Crippen LogP contribution in [0.1, 0.15) is 54.9 Å². The molecule has 1 heterocycles. The van der Waals surface area contributed by atoms with Crippen molar-refractivity contribution < 1.29 is 0 Å². The summed E-state index contributed by atoms with van der Waals surface area (Å²) in [7, 11) is 0. The van der Waals surface area contributed by atoms with Gasteiger partial charge in [-0.15, -0.1) is 0 Å². The quantitative estimate of drug-likeness (QED) is 0.670.